The molecule has 0 bridgehead atoms. The zero-order chi connectivity index (χ0) is 11.8. The van der Waals surface area contributed by atoms with Crippen molar-refractivity contribution in [3.8, 4) is 0 Å². The summed E-state index contributed by atoms with van der Waals surface area (Å²) in [6, 6.07) is -0.977. The maximum Gasteiger partial charge on any atom is 0.328 e. The summed E-state index contributed by atoms with van der Waals surface area (Å²) in [4.78, 5) is 33.1. The molecular weight excluding hydrogens is 202 g/mol. The third-order valence-corrected chi connectivity index (χ3v) is 1.74. The second kappa shape index (κ2) is 6.80. The Kier molecular flexibility index (Phi) is 6.08. The second-order valence-electron chi connectivity index (χ2n) is 2.78. The van der Waals surface area contributed by atoms with Crippen LogP contribution in [0.5, 0.6) is 0 Å². The van der Waals surface area contributed by atoms with Crippen LogP contribution in [-0.4, -0.2) is 38.1 Å². The SMILES string of the molecule is CCC(=O)N[C@@H](CC(=O)OC)C(=O)OC. The van der Waals surface area contributed by atoms with E-state index in [4.69, 9.17) is 0 Å². The van der Waals surface area contributed by atoms with Crippen LogP contribution in [0.3, 0.4) is 0 Å². The van der Waals surface area contributed by atoms with Gasteiger partial charge in [0.1, 0.15) is 6.04 Å². The van der Waals surface area contributed by atoms with E-state index in [1.807, 2.05) is 0 Å². The molecule has 6 heteroatoms. The molecule has 0 saturated heterocycles. The molecular formula is C9H15NO5. The van der Waals surface area contributed by atoms with Gasteiger partial charge in [-0.25, -0.2) is 4.79 Å². The molecule has 0 aliphatic carbocycles. The maximum absolute atomic E-state index is 11.2. The quantitative estimate of drug-likeness (QED) is 0.635. The van der Waals surface area contributed by atoms with E-state index in [0.717, 1.165) is 0 Å². The van der Waals surface area contributed by atoms with Crippen molar-refractivity contribution >= 4 is 17.8 Å². The van der Waals surface area contributed by atoms with E-state index >= 15 is 0 Å². The Hall–Kier alpha value is -1.59. The van der Waals surface area contributed by atoms with Crippen molar-refractivity contribution in [2.45, 2.75) is 25.8 Å². The van der Waals surface area contributed by atoms with Crippen LogP contribution in [0.4, 0.5) is 0 Å². The third kappa shape index (κ3) is 4.99. The number of methoxy groups -OCH3 is 2. The lowest BCUT2D eigenvalue weighted by Crippen LogP contribution is -2.42. The van der Waals surface area contributed by atoms with Gasteiger partial charge in [-0.05, 0) is 0 Å². The molecule has 86 valence electrons. The number of ether oxygens (including phenoxy) is 2. The predicted octanol–water partition coefficient (Wildman–Crippen LogP) is -0.383. The standard InChI is InChI=1S/C9H15NO5/c1-4-7(11)10-6(9(13)15-3)5-8(12)14-2/h6H,4-5H2,1-3H3,(H,10,11)/t6-/m0/s1. The average molecular weight is 217 g/mol. The van der Waals surface area contributed by atoms with E-state index in [9.17, 15) is 14.4 Å². The molecule has 0 aromatic carbocycles. The first-order valence-corrected chi connectivity index (χ1v) is 4.49. The molecule has 0 unspecified atom stereocenters. The van der Waals surface area contributed by atoms with Gasteiger partial charge in [0.15, 0.2) is 0 Å². The Morgan fingerprint density at radius 1 is 1.20 bits per heavy atom. The van der Waals surface area contributed by atoms with Crippen LogP contribution < -0.4 is 5.32 Å². The first-order valence-electron chi connectivity index (χ1n) is 4.49. The zero-order valence-corrected chi connectivity index (χ0v) is 9.03. The van der Waals surface area contributed by atoms with Gasteiger partial charge in [0, 0.05) is 6.42 Å². The van der Waals surface area contributed by atoms with Crippen LogP contribution in [0.25, 0.3) is 0 Å². The number of esters is 2. The molecule has 0 aromatic rings. The van der Waals surface area contributed by atoms with E-state index in [0.29, 0.717) is 0 Å². The second-order valence-corrected chi connectivity index (χ2v) is 2.78. The molecule has 0 heterocycles. The van der Waals surface area contributed by atoms with Crippen molar-refractivity contribution in [3.63, 3.8) is 0 Å². The molecule has 15 heavy (non-hydrogen) atoms. The van der Waals surface area contributed by atoms with Gasteiger partial charge >= 0.3 is 11.9 Å². The molecule has 1 N–H and O–H groups in total. The van der Waals surface area contributed by atoms with Crippen LogP contribution >= 0.6 is 0 Å². The monoisotopic (exact) mass is 217 g/mol. The topological polar surface area (TPSA) is 81.7 Å². The molecule has 0 radical (unpaired) electrons. The van der Waals surface area contributed by atoms with Crippen LogP contribution in [0.15, 0.2) is 0 Å². The molecule has 1 amide bonds. The molecule has 6 nitrogen and oxygen atoms in total. The van der Waals surface area contributed by atoms with Gasteiger partial charge in [0.05, 0.1) is 20.6 Å². The summed E-state index contributed by atoms with van der Waals surface area (Å²) in [5.74, 6) is -1.57. The summed E-state index contributed by atoms with van der Waals surface area (Å²) in [5, 5.41) is 2.37. The normalized spacial score (nSPS) is 11.4. The Morgan fingerprint density at radius 2 is 1.80 bits per heavy atom. The Morgan fingerprint density at radius 3 is 2.20 bits per heavy atom. The van der Waals surface area contributed by atoms with E-state index in [1.165, 1.54) is 14.2 Å². The summed E-state index contributed by atoms with van der Waals surface area (Å²) < 4.78 is 8.83. The van der Waals surface area contributed by atoms with Crippen molar-refractivity contribution in [2.75, 3.05) is 14.2 Å². The van der Waals surface area contributed by atoms with E-state index in [-0.39, 0.29) is 18.7 Å². The largest absolute Gasteiger partial charge is 0.469 e. The number of nitrogens with one attached hydrogen (secondary N) is 1. The third-order valence-electron chi connectivity index (χ3n) is 1.74. The Balaban J connectivity index is 4.37. The smallest absolute Gasteiger partial charge is 0.328 e. The van der Waals surface area contributed by atoms with Gasteiger partial charge in [-0.1, -0.05) is 6.92 Å². The summed E-state index contributed by atoms with van der Waals surface area (Å²) in [7, 11) is 2.39. The minimum absolute atomic E-state index is 0.227. The van der Waals surface area contributed by atoms with Gasteiger partial charge in [-0.15, -0.1) is 0 Å². The number of rotatable bonds is 5. The lowest BCUT2D eigenvalue weighted by molar-refractivity contribution is -0.150. The maximum atomic E-state index is 11.2. The van der Waals surface area contributed by atoms with Gasteiger partial charge < -0.3 is 14.8 Å². The van der Waals surface area contributed by atoms with Crippen LogP contribution in [-0.2, 0) is 23.9 Å². The Bertz CT molecular complexity index is 233. The van der Waals surface area contributed by atoms with E-state index < -0.39 is 18.0 Å². The number of hydrogen-bond donors (Lipinski definition) is 1. The van der Waals surface area contributed by atoms with Crippen molar-refractivity contribution in [1.29, 1.82) is 0 Å². The minimum Gasteiger partial charge on any atom is -0.469 e. The molecule has 0 spiro atoms. The highest BCUT2D eigenvalue weighted by Gasteiger charge is 2.24. The zero-order valence-electron chi connectivity index (χ0n) is 9.03. The molecule has 0 aromatic heterocycles. The first-order chi connectivity index (χ1) is 7.04. The van der Waals surface area contributed by atoms with Crippen LogP contribution in [0, 0.1) is 0 Å². The fourth-order valence-electron chi connectivity index (χ4n) is 0.882. The Labute approximate surface area is 87.9 Å². The molecule has 0 saturated carbocycles. The van der Waals surface area contributed by atoms with Crippen molar-refractivity contribution in [2.24, 2.45) is 0 Å². The molecule has 0 aliphatic heterocycles. The fraction of sp³-hybridized carbons (Fsp3) is 0.667. The summed E-state index contributed by atoms with van der Waals surface area (Å²) in [6.07, 6.45) is 0.00355. The van der Waals surface area contributed by atoms with E-state index in [2.05, 4.69) is 14.8 Å². The van der Waals surface area contributed by atoms with Gasteiger partial charge in [-0.3, -0.25) is 9.59 Å². The summed E-state index contributed by atoms with van der Waals surface area (Å²) in [5.41, 5.74) is 0. The number of amides is 1. The number of carbonyl (C=O) groups is 3. The summed E-state index contributed by atoms with van der Waals surface area (Å²) >= 11 is 0. The summed E-state index contributed by atoms with van der Waals surface area (Å²) in [6.45, 7) is 1.64. The lowest BCUT2D eigenvalue weighted by Gasteiger charge is -2.14. The van der Waals surface area contributed by atoms with Crippen molar-refractivity contribution < 1.29 is 23.9 Å². The first kappa shape index (κ1) is 13.4. The average Bonchev–Trinajstić information content (AvgIpc) is 2.26. The van der Waals surface area contributed by atoms with Gasteiger partial charge in [0.2, 0.25) is 5.91 Å². The lowest BCUT2D eigenvalue weighted by atomic mass is 10.2. The molecule has 0 fully saturated rings. The highest BCUT2D eigenvalue weighted by atomic mass is 16.5. The number of carbonyl (C=O) groups excluding carboxylic acids is 3. The molecule has 1 atom stereocenters. The highest BCUT2D eigenvalue weighted by Crippen LogP contribution is 1.98. The molecule has 0 rings (SSSR count). The minimum atomic E-state index is -0.977. The van der Waals surface area contributed by atoms with Crippen LogP contribution in [0.2, 0.25) is 0 Å². The van der Waals surface area contributed by atoms with Crippen molar-refractivity contribution in [1.82, 2.24) is 5.32 Å². The van der Waals surface area contributed by atoms with E-state index in [1.54, 1.807) is 6.92 Å². The highest BCUT2D eigenvalue weighted by molar-refractivity contribution is 5.87. The van der Waals surface area contributed by atoms with Gasteiger partial charge in [-0.2, -0.15) is 0 Å². The van der Waals surface area contributed by atoms with Gasteiger partial charge in [0.25, 0.3) is 0 Å². The van der Waals surface area contributed by atoms with Crippen LogP contribution in [0.1, 0.15) is 19.8 Å². The number of hydrogen-bond acceptors (Lipinski definition) is 5. The molecule has 0 aliphatic rings. The van der Waals surface area contributed by atoms with Crippen molar-refractivity contribution in [3.05, 3.63) is 0 Å². The fourth-order valence-corrected chi connectivity index (χ4v) is 0.882. The predicted molar refractivity (Wildman–Crippen MR) is 50.9 cm³/mol.